The van der Waals surface area contributed by atoms with Crippen LogP contribution in [0, 0.1) is 6.92 Å². The number of hydrogen-bond donors (Lipinski definition) is 2. The molecule has 0 aliphatic carbocycles. The van der Waals surface area contributed by atoms with Crippen LogP contribution in [0.4, 0.5) is 0 Å². The minimum Gasteiger partial charge on any atom is -0.480 e. The number of nitrogens with zero attached hydrogens (tertiary/aromatic N) is 2. The summed E-state index contributed by atoms with van der Waals surface area (Å²) in [6.45, 7) is 2.55. The Morgan fingerprint density at radius 3 is 3.06 bits per heavy atom. The van der Waals surface area contributed by atoms with Crippen molar-refractivity contribution in [1.29, 1.82) is 0 Å². The third-order valence-corrected chi connectivity index (χ3v) is 2.86. The Kier molecular flexibility index (Phi) is 2.93. The molecule has 1 saturated heterocycles. The molecule has 0 saturated carbocycles. The number of oxazole rings is 1. The van der Waals surface area contributed by atoms with Crippen LogP contribution < -0.4 is 0 Å². The van der Waals surface area contributed by atoms with E-state index in [1.807, 2.05) is 0 Å². The third-order valence-electron chi connectivity index (χ3n) is 2.86. The molecule has 6 heteroatoms. The van der Waals surface area contributed by atoms with Crippen LogP contribution in [0.2, 0.25) is 0 Å². The maximum Gasteiger partial charge on any atom is 0.321 e. The van der Waals surface area contributed by atoms with Crippen LogP contribution in [0.3, 0.4) is 0 Å². The van der Waals surface area contributed by atoms with E-state index in [1.165, 1.54) is 6.39 Å². The molecule has 1 aliphatic heterocycles. The molecular formula is C10H14N2O4. The first-order valence-corrected chi connectivity index (χ1v) is 5.12. The number of aliphatic carboxylic acids is 1. The normalized spacial score (nSPS) is 26.1. The molecule has 2 atom stereocenters. The van der Waals surface area contributed by atoms with Crippen molar-refractivity contribution in [2.24, 2.45) is 0 Å². The standard InChI is InChI=1S/C10H14N2O4/c1-6-8(11-5-16-6)4-12-3-7(13)2-9(12)10(14)15/h5,7,9,13H,2-4H2,1H3,(H,14,15). The number of carbonyl (C=O) groups is 1. The second-order valence-electron chi connectivity index (χ2n) is 4.03. The molecule has 0 spiro atoms. The van der Waals surface area contributed by atoms with Crippen LogP contribution in [0.5, 0.6) is 0 Å². The molecule has 2 heterocycles. The van der Waals surface area contributed by atoms with E-state index in [0.29, 0.717) is 18.8 Å². The van der Waals surface area contributed by atoms with E-state index < -0.39 is 18.1 Å². The highest BCUT2D eigenvalue weighted by Crippen LogP contribution is 2.21. The lowest BCUT2D eigenvalue weighted by Crippen LogP contribution is -2.35. The van der Waals surface area contributed by atoms with Crippen LogP contribution >= 0.6 is 0 Å². The number of hydrogen-bond acceptors (Lipinski definition) is 5. The van der Waals surface area contributed by atoms with Crippen molar-refractivity contribution in [1.82, 2.24) is 9.88 Å². The molecule has 2 rings (SSSR count). The summed E-state index contributed by atoms with van der Waals surface area (Å²) in [5.74, 6) is -0.219. The predicted octanol–water partition coefficient (Wildman–Crippen LogP) is 0.00282. The van der Waals surface area contributed by atoms with Gasteiger partial charge in [0.1, 0.15) is 11.8 Å². The van der Waals surface area contributed by atoms with Crippen molar-refractivity contribution in [3.8, 4) is 0 Å². The van der Waals surface area contributed by atoms with E-state index in [4.69, 9.17) is 9.52 Å². The Bertz CT molecular complexity index is 390. The van der Waals surface area contributed by atoms with E-state index in [-0.39, 0.29) is 6.42 Å². The quantitative estimate of drug-likeness (QED) is 0.754. The minimum absolute atomic E-state index is 0.270. The van der Waals surface area contributed by atoms with Crippen molar-refractivity contribution in [3.05, 3.63) is 17.8 Å². The van der Waals surface area contributed by atoms with Gasteiger partial charge in [-0.1, -0.05) is 0 Å². The fraction of sp³-hybridized carbons (Fsp3) is 0.600. The molecule has 0 bridgehead atoms. The summed E-state index contributed by atoms with van der Waals surface area (Å²) in [4.78, 5) is 16.7. The van der Waals surface area contributed by atoms with Crippen LogP contribution in [-0.2, 0) is 11.3 Å². The SMILES string of the molecule is Cc1ocnc1CN1CC(O)CC1C(=O)O. The summed E-state index contributed by atoms with van der Waals surface area (Å²) in [5, 5.41) is 18.5. The first-order chi connectivity index (χ1) is 7.58. The van der Waals surface area contributed by atoms with Gasteiger partial charge in [0.2, 0.25) is 0 Å². The lowest BCUT2D eigenvalue weighted by molar-refractivity contribution is -0.142. The first-order valence-electron chi connectivity index (χ1n) is 5.12. The second-order valence-corrected chi connectivity index (χ2v) is 4.03. The molecular weight excluding hydrogens is 212 g/mol. The Morgan fingerprint density at radius 1 is 1.75 bits per heavy atom. The van der Waals surface area contributed by atoms with E-state index in [0.717, 1.165) is 5.69 Å². The molecule has 1 aromatic heterocycles. The van der Waals surface area contributed by atoms with Gasteiger partial charge in [0.15, 0.2) is 6.39 Å². The van der Waals surface area contributed by atoms with Gasteiger partial charge in [-0.25, -0.2) is 4.98 Å². The number of β-amino-alcohol motifs (C(OH)–C–C–N with tert-alkyl or cyclic N) is 1. The molecule has 16 heavy (non-hydrogen) atoms. The number of likely N-dealkylation sites (tertiary alicyclic amines) is 1. The molecule has 0 aromatic carbocycles. The van der Waals surface area contributed by atoms with Crippen molar-refractivity contribution >= 4 is 5.97 Å². The molecule has 6 nitrogen and oxygen atoms in total. The number of aromatic nitrogens is 1. The fourth-order valence-corrected chi connectivity index (χ4v) is 1.98. The van der Waals surface area contributed by atoms with Gasteiger partial charge in [-0.2, -0.15) is 0 Å². The molecule has 0 amide bonds. The number of rotatable bonds is 3. The summed E-state index contributed by atoms with van der Waals surface area (Å²) in [5.41, 5.74) is 0.723. The molecule has 2 N–H and O–H groups in total. The number of carboxylic acid groups (broad SMARTS) is 1. The highest BCUT2D eigenvalue weighted by Gasteiger charge is 2.36. The van der Waals surface area contributed by atoms with Crippen LogP contribution in [0.15, 0.2) is 10.8 Å². The van der Waals surface area contributed by atoms with Crippen LogP contribution in [0.1, 0.15) is 17.9 Å². The Morgan fingerprint density at radius 2 is 2.50 bits per heavy atom. The minimum atomic E-state index is -0.905. The summed E-state index contributed by atoms with van der Waals surface area (Å²) in [6, 6.07) is -0.633. The molecule has 1 aromatic rings. The number of aliphatic hydroxyl groups excluding tert-OH is 1. The maximum atomic E-state index is 11.0. The largest absolute Gasteiger partial charge is 0.480 e. The van der Waals surface area contributed by atoms with E-state index in [9.17, 15) is 9.90 Å². The number of aryl methyl sites for hydroxylation is 1. The number of aliphatic hydroxyl groups is 1. The zero-order valence-corrected chi connectivity index (χ0v) is 8.96. The molecule has 1 aliphatic rings. The van der Waals surface area contributed by atoms with Gasteiger partial charge < -0.3 is 14.6 Å². The first kappa shape index (κ1) is 11.1. The molecule has 0 radical (unpaired) electrons. The zero-order valence-electron chi connectivity index (χ0n) is 8.96. The topological polar surface area (TPSA) is 86.8 Å². The second kappa shape index (κ2) is 4.23. The van der Waals surface area contributed by atoms with Crippen molar-refractivity contribution < 1.29 is 19.4 Å². The third kappa shape index (κ3) is 2.07. The van der Waals surface area contributed by atoms with Gasteiger partial charge in [-0.15, -0.1) is 0 Å². The van der Waals surface area contributed by atoms with Crippen molar-refractivity contribution in [3.63, 3.8) is 0 Å². The van der Waals surface area contributed by atoms with Gasteiger partial charge in [0.05, 0.1) is 11.8 Å². The summed E-state index contributed by atoms with van der Waals surface area (Å²) >= 11 is 0. The van der Waals surface area contributed by atoms with Gasteiger partial charge in [0, 0.05) is 19.5 Å². The Balaban J connectivity index is 2.09. The van der Waals surface area contributed by atoms with E-state index in [1.54, 1.807) is 11.8 Å². The van der Waals surface area contributed by atoms with Gasteiger partial charge in [0.25, 0.3) is 0 Å². The van der Waals surface area contributed by atoms with Gasteiger partial charge >= 0.3 is 5.97 Å². The summed E-state index contributed by atoms with van der Waals surface area (Å²) in [7, 11) is 0. The van der Waals surface area contributed by atoms with Crippen LogP contribution in [-0.4, -0.2) is 44.8 Å². The van der Waals surface area contributed by atoms with Gasteiger partial charge in [-0.3, -0.25) is 9.69 Å². The van der Waals surface area contributed by atoms with Crippen molar-refractivity contribution in [2.75, 3.05) is 6.54 Å². The molecule has 2 unspecified atom stereocenters. The monoisotopic (exact) mass is 226 g/mol. The average Bonchev–Trinajstić information content (AvgIpc) is 2.75. The Hall–Kier alpha value is -1.40. The van der Waals surface area contributed by atoms with E-state index >= 15 is 0 Å². The van der Waals surface area contributed by atoms with Gasteiger partial charge in [-0.05, 0) is 6.92 Å². The summed E-state index contributed by atoms with van der Waals surface area (Å²) < 4.78 is 5.05. The van der Waals surface area contributed by atoms with Crippen molar-refractivity contribution in [2.45, 2.75) is 32.0 Å². The molecule has 1 fully saturated rings. The fourth-order valence-electron chi connectivity index (χ4n) is 1.98. The number of carboxylic acids is 1. The summed E-state index contributed by atoms with van der Waals surface area (Å²) in [6.07, 6.45) is 1.03. The maximum absolute atomic E-state index is 11.0. The zero-order chi connectivity index (χ0) is 11.7. The van der Waals surface area contributed by atoms with Crippen LogP contribution in [0.25, 0.3) is 0 Å². The highest BCUT2D eigenvalue weighted by molar-refractivity contribution is 5.74. The Labute approximate surface area is 92.5 Å². The van der Waals surface area contributed by atoms with E-state index in [2.05, 4.69) is 4.98 Å². The molecule has 88 valence electrons. The highest BCUT2D eigenvalue weighted by atomic mass is 16.4. The lowest BCUT2D eigenvalue weighted by atomic mass is 10.2. The average molecular weight is 226 g/mol. The predicted molar refractivity (Wildman–Crippen MR) is 53.7 cm³/mol. The smallest absolute Gasteiger partial charge is 0.321 e. The lowest BCUT2D eigenvalue weighted by Gasteiger charge is -2.19.